The predicted octanol–water partition coefficient (Wildman–Crippen LogP) is 2.68. The molecule has 0 amide bonds. The Morgan fingerprint density at radius 2 is 2.27 bits per heavy atom. The Labute approximate surface area is 98.5 Å². The second-order valence-electron chi connectivity index (χ2n) is 4.33. The van der Waals surface area contributed by atoms with Crippen LogP contribution in [0.15, 0.2) is 0 Å². The Balaban J connectivity index is 1.98. The van der Waals surface area contributed by atoms with Gasteiger partial charge >= 0.3 is 0 Å². The zero-order valence-corrected chi connectivity index (χ0v) is 10.9. The second-order valence-corrected chi connectivity index (χ2v) is 5.66. The lowest BCUT2D eigenvalue weighted by molar-refractivity contribution is 0.192. The molecule has 0 aromatic heterocycles. The van der Waals surface area contributed by atoms with Crippen LogP contribution in [0.3, 0.4) is 0 Å². The summed E-state index contributed by atoms with van der Waals surface area (Å²) in [5.41, 5.74) is 0. The van der Waals surface area contributed by atoms with Crippen LogP contribution in [0.4, 0.5) is 0 Å². The Morgan fingerprint density at radius 1 is 1.40 bits per heavy atom. The minimum Gasteiger partial charge on any atom is -0.385 e. The van der Waals surface area contributed by atoms with E-state index in [-0.39, 0.29) is 0 Å². The summed E-state index contributed by atoms with van der Waals surface area (Å²) >= 11 is 2.16. The number of hydrogen-bond donors (Lipinski definition) is 1. The maximum absolute atomic E-state index is 5.06. The van der Waals surface area contributed by atoms with Gasteiger partial charge in [0.15, 0.2) is 0 Å². The standard InChI is InChI=1S/C12H25NOS/c1-3-7-13-11-9-12(15-10-11)6-4-5-8-14-2/h11-13H,3-10H2,1-2H3/t11?,12-/m1/s1. The first-order valence-corrected chi connectivity index (χ1v) is 7.25. The summed E-state index contributed by atoms with van der Waals surface area (Å²) in [4.78, 5) is 0. The number of ether oxygens (including phenoxy) is 1. The Bertz CT molecular complexity index is 155. The van der Waals surface area contributed by atoms with Crippen LogP contribution in [-0.4, -0.2) is 37.3 Å². The van der Waals surface area contributed by atoms with E-state index in [0.29, 0.717) is 0 Å². The number of unbranched alkanes of at least 4 members (excludes halogenated alkanes) is 1. The van der Waals surface area contributed by atoms with Crippen molar-refractivity contribution >= 4 is 11.8 Å². The smallest absolute Gasteiger partial charge is 0.0462 e. The fourth-order valence-corrected chi connectivity index (χ4v) is 3.48. The van der Waals surface area contributed by atoms with Gasteiger partial charge in [-0.15, -0.1) is 0 Å². The van der Waals surface area contributed by atoms with Crippen LogP contribution in [0.2, 0.25) is 0 Å². The third-order valence-electron chi connectivity index (χ3n) is 2.89. The lowest BCUT2D eigenvalue weighted by atomic mass is 10.1. The van der Waals surface area contributed by atoms with Gasteiger partial charge in [-0.1, -0.05) is 13.3 Å². The van der Waals surface area contributed by atoms with Crippen molar-refractivity contribution in [3.8, 4) is 0 Å². The van der Waals surface area contributed by atoms with Gasteiger partial charge in [-0.2, -0.15) is 11.8 Å². The van der Waals surface area contributed by atoms with Gasteiger partial charge in [-0.3, -0.25) is 0 Å². The third-order valence-corrected chi connectivity index (χ3v) is 4.38. The fourth-order valence-electron chi connectivity index (χ4n) is 2.02. The van der Waals surface area contributed by atoms with E-state index in [0.717, 1.165) is 17.9 Å². The maximum atomic E-state index is 5.06. The van der Waals surface area contributed by atoms with Crippen LogP contribution in [0.5, 0.6) is 0 Å². The fraction of sp³-hybridized carbons (Fsp3) is 1.00. The average Bonchev–Trinajstić information content (AvgIpc) is 2.69. The van der Waals surface area contributed by atoms with Crippen molar-refractivity contribution in [1.29, 1.82) is 0 Å². The van der Waals surface area contributed by atoms with E-state index in [1.165, 1.54) is 44.4 Å². The van der Waals surface area contributed by atoms with Crippen molar-refractivity contribution in [2.24, 2.45) is 0 Å². The summed E-state index contributed by atoms with van der Waals surface area (Å²) in [5.74, 6) is 1.31. The van der Waals surface area contributed by atoms with Crippen molar-refractivity contribution in [2.45, 2.75) is 50.3 Å². The Kier molecular flexibility index (Phi) is 7.49. The largest absolute Gasteiger partial charge is 0.385 e. The zero-order valence-electron chi connectivity index (χ0n) is 10.1. The van der Waals surface area contributed by atoms with Crippen LogP contribution in [0, 0.1) is 0 Å². The van der Waals surface area contributed by atoms with Crippen LogP contribution in [0.25, 0.3) is 0 Å². The quantitative estimate of drug-likeness (QED) is 0.649. The lowest BCUT2D eigenvalue weighted by Gasteiger charge is -2.11. The topological polar surface area (TPSA) is 21.3 Å². The molecule has 0 radical (unpaired) electrons. The van der Waals surface area contributed by atoms with Gasteiger partial charge in [0, 0.05) is 30.8 Å². The van der Waals surface area contributed by atoms with E-state index >= 15 is 0 Å². The van der Waals surface area contributed by atoms with Gasteiger partial charge in [-0.25, -0.2) is 0 Å². The van der Waals surface area contributed by atoms with E-state index in [1.54, 1.807) is 7.11 Å². The van der Waals surface area contributed by atoms with Crippen molar-refractivity contribution in [2.75, 3.05) is 26.0 Å². The highest BCUT2D eigenvalue weighted by Gasteiger charge is 2.23. The molecule has 0 bridgehead atoms. The lowest BCUT2D eigenvalue weighted by Crippen LogP contribution is -2.29. The molecule has 1 rings (SSSR count). The van der Waals surface area contributed by atoms with Crippen molar-refractivity contribution in [3.05, 3.63) is 0 Å². The molecule has 1 saturated heterocycles. The van der Waals surface area contributed by atoms with Crippen LogP contribution in [-0.2, 0) is 4.74 Å². The van der Waals surface area contributed by atoms with Gasteiger partial charge in [-0.05, 0) is 32.2 Å². The number of methoxy groups -OCH3 is 1. The van der Waals surface area contributed by atoms with E-state index in [2.05, 4.69) is 24.0 Å². The van der Waals surface area contributed by atoms with E-state index < -0.39 is 0 Å². The number of nitrogens with one attached hydrogen (secondary N) is 1. The molecule has 1 N–H and O–H groups in total. The van der Waals surface area contributed by atoms with Crippen molar-refractivity contribution < 1.29 is 4.74 Å². The minimum absolute atomic E-state index is 0.780. The Hall–Kier alpha value is 0.270. The highest BCUT2D eigenvalue weighted by atomic mass is 32.2. The molecule has 1 heterocycles. The second kappa shape index (κ2) is 8.43. The third kappa shape index (κ3) is 5.79. The monoisotopic (exact) mass is 231 g/mol. The number of rotatable bonds is 8. The van der Waals surface area contributed by atoms with Crippen molar-refractivity contribution in [1.82, 2.24) is 5.32 Å². The van der Waals surface area contributed by atoms with Gasteiger partial charge < -0.3 is 10.1 Å². The summed E-state index contributed by atoms with van der Waals surface area (Å²) in [5, 5.41) is 4.52. The maximum Gasteiger partial charge on any atom is 0.0462 e. The predicted molar refractivity (Wildman–Crippen MR) is 68.7 cm³/mol. The molecule has 0 spiro atoms. The molecule has 2 nitrogen and oxygen atoms in total. The van der Waals surface area contributed by atoms with E-state index in [4.69, 9.17) is 4.74 Å². The summed E-state index contributed by atoms with van der Waals surface area (Å²) in [6, 6.07) is 0.780. The molecular formula is C12H25NOS. The minimum atomic E-state index is 0.780. The first-order valence-electron chi connectivity index (χ1n) is 6.20. The molecule has 1 unspecified atom stereocenters. The SMILES string of the molecule is CCCNC1CS[C@H](CCCCOC)C1. The summed E-state index contributed by atoms with van der Waals surface area (Å²) in [7, 11) is 1.79. The normalized spacial score (nSPS) is 26.0. The van der Waals surface area contributed by atoms with Crippen LogP contribution < -0.4 is 5.32 Å². The molecule has 1 aliphatic rings. The molecular weight excluding hydrogens is 206 g/mol. The number of hydrogen-bond acceptors (Lipinski definition) is 3. The molecule has 1 fully saturated rings. The van der Waals surface area contributed by atoms with Gasteiger partial charge in [0.1, 0.15) is 0 Å². The van der Waals surface area contributed by atoms with E-state index in [1.807, 2.05) is 0 Å². The van der Waals surface area contributed by atoms with Crippen LogP contribution in [0.1, 0.15) is 39.0 Å². The molecule has 1 aliphatic heterocycles. The average molecular weight is 231 g/mol. The molecule has 0 aliphatic carbocycles. The first-order chi connectivity index (χ1) is 7.36. The molecule has 0 aromatic carbocycles. The highest BCUT2D eigenvalue weighted by Crippen LogP contribution is 2.30. The Morgan fingerprint density at radius 3 is 3.00 bits per heavy atom. The van der Waals surface area contributed by atoms with Crippen LogP contribution >= 0.6 is 11.8 Å². The van der Waals surface area contributed by atoms with Gasteiger partial charge in [0.2, 0.25) is 0 Å². The highest BCUT2D eigenvalue weighted by molar-refractivity contribution is 8.00. The summed E-state index contributed by atoms with van der Waals surface area (Å²) in [6.45, 7) is 4.34. The summed E-state index contributed by atoms with van der Waals surface area (Å²) in [6.07, 6.45) is 6.54. The molecule has 90 valence electrons. The summed E-state index contributed by atoms with van der Waals surface area (Å²) < 4.78 is 5.06. The van der Waals surface area contributed by atoms with Gasteiger partial charge in [0.05, 0.1) is 0 Å². The zero-order chi connectivity index (χ0) is 10.9. The molecule has 0 saturated carbocycles. The van der Waals surface area contributed by atoms with E-state index in [9.17, 15) is 0 Å². The number of thioether (sulfide) groups is 1. The first kappa shape index (κ1) is 13.3. The van der Waals surface area contributed by atoms with Gasteiger partial charge in [0.25, 0.3) is 0 Å². The molecule has 0 aromatic rings. The molecule has 3 heteroatoms. The van der Waals surface area contributed by atoms with Crippen molar-refractivity contribution in [3.63, 3.8) is 0 Å². The molecule has 15 heavy (non-hydrogen) atoms. The molecule has 2 atom stereocenters.